The topological polar surface area (TPSA) is 77.1 Å². The van der Waals surface area contributed by atoms with Gasteiger partial charge in [-0.05, 0) is 29.6 Å². The molecule has 4 rings (SSSR count). The number of thiazole rings is 1. The summed E-state index contributed by atoms with van der Waals surface area (Å²) in [5.41, 5.74) is 0.711. The van der Waals surface area contributed by atoms with Crippen LogP contribution in [0.3, 0.4) is 0 Å². The van der Waals surface area contributed by atoms with Crippen molar-refractivity contribution in [1.29, 1.82) is 0 Å². The number of amides is 1. The average Bonchev–Trinajstić information content (AvgIpc) is 3.38. The number of pyridine rings is 1. The number of carbonyl (C=O) groups is 1. The van der Waals surface area contributed by atoms with Crippen LogP contribution in [0, 0.1) is 0 Å². The van der Waals surface area contributed by atoms with Crippen molar-refractivity contribution in [3.8, 4) is 10.6 Å². The third kappa shape index (κ3) is 3.51. The van der Waals surface area contributed by atoms with Gasteiger partial charge in [0.25, 0.3) is 11.5 Å². The third-order valence-electron chi connectivity index (χ3n) is 3.61. The van der Waals surface area contributed by atoms with Gasteiger partial charge in [0.15, 0.2) is 10.9 Å². The molecule has 130 valence electrons. The molecule has 1 amide bonds. The minimum atomic E-state index is -0.372. The Morgan fingerprint density at radius 1 is 1.15 bits per heavy atom. The van der Waals surface area contributed by atoms with Crippen LogP contribution >= 0.6 is 22.7 Å². The van der Waals surface area contributed by atoms with Gasteiger partial charge in [-0.15, -0.1) is 22.7 Å². The monoisotopic (exact) mass is 383 g/mol. The number of thiophene rings is 1. The maximum absolute atomic E-state index is 12.3. The maximum Gasteiger partial charge on any atom is 0.293 e. The minimum absolute atomic E-state index is 0.126. The highest BCUT2D eigenvalue weighted by molar-refractivity contribution is 7.16. The fraction of sp³-hybridized carbons (Fsp3) is 0.0556. The molecule has 4 aromatic heterocycles. The third-order valence-corrected chi connectivity index (χ3v) is 5.26. The Morgan fingerprint density at radius 3 is 2.88 bits per heavy atom. The first-order valence-electron chi connectivity index (χ1n) is 7.74. The zero-order valence-corrected chi connectivity index (χ0v) is 15.0. The van der Waals surface area contributed by atoms with Crippen molar-refractivity contribution in [2.24, 2.45) is 0 Å². The van der Waals surface area contributed by atoms with Crippen molar-refractivity contribution in [2.45, 2.75) is 6.54 Å². The Kier molecular flexibility index (Phi) is 4.51. The van der Waals surface area contributed by atoms with Gasteiger partial charge in [0.1, 0.15) is 5.76 Å². The van der Waals surface area contributed by atoms with E-state index in [1.54, 1.807) is 41.8 Å². The summed E-state index contributed by atoms with van der Waals surface area (Å²) in [5.74, 6) is 0.336. The smallest absolute Gasteiger partial charge is 0.293 e. The lowest BCUT2D eigenvalue weighted by molar-refractivity contribution is 0.0994. The van der Waals surface area contributed by atoms with Gasteiger partial charge in [0, 0.05) is 17.6 Å². The summed E-state index contributed by atoms with van der Waals surface area (Å²) in [6.07, 6.45) is 1.67. The molecule has 0 aliphatic rings. The van der Waals surface area contributed by atoms with Gasteiger partial charge < -0.3 is 8.98 Å². The first kappa shape index (κ1) is 16.5. The Bertz CT molecular complexity index is 1090. The van der Waals surface area contributed by atoms with E-state index >= 15 is 0 Å². The van der Waals surface area contributed by atoms with E-state index in [4.69, 9.17) is 4.42 Å². The highest BCUT2D eigenvalue weighted by Crippen LogP contribution is 2.28. The van der Waals surface area contributed by atoms with E-state index in [0.29, 0.717) is 10.9 Å². The number of hydrogen-bond donors (Lipinski definition) is 1. The van der Waals surface area contributed by atoms with Crippen molar-refractivity contribution in [3.63, 3.8) is 0 Å². The maximum atomic E-state index is 12.3. The van der Waals surface area contributed by atoms with Gasteiger partial charge >= 0.3 is 0 Å². The summed E-state index contributed by atoms with van der Waals surface area (Å²) >= 11 is 2.95. The van der Waals surface area contributed by atoms with E-state index in [-0.39, 0.29) is 23.8 Å². The molecule has 0 saturated heterocycles. The molecule has 0 atom stereocenters. The number of furan rings is 1. The molecule has 0 fully saturated rings. The van der Waals surface area contributed by atoms with Crippen LogP contribution in [0.4, 0.5) is 5.13 Å². The second-order valence-corrected chi connectivity index (χ2v) is 7.21. The molecule has 1 N–H and O–H groups in total. The summed E-state index contributed by atoms with van der Waals surface area (Å²) in [6, 6.07) is 12.1. The van der Waals surface area contributed by atoms with Gasteiger partial charge in [0.2, 0.25) is 0 Å². The van der Waals surface area contributed by atoms with E-state index in [1.807, 2.05) is 22.9 Å². The van der Waals surface area contributed by atoms with Crippen LogP contribution in [0.15, 0.2) is 68.6 Å². The molecule has 0 bridgehead atoms. The van der Waals surface area contributed by atoms with E-state index in [2.05, 4.69) is 10.3 Å². The number of nitrogens with zero attached hydrogens (tertiary/aromatic N) is 2. The zero-order valence-electron chi connectivity index (χ0n) is 13.4. The van der Waals surface area contributed by atoms with Crippen molar-refractivity contribution < 1.29 is 9.21 Å². The van der Waals surface area contributed by atoms with Crippen LogP contribution in [0.5, 0.6) is 0 Å². The van der Waals surface area contributed by atoms with Crippen LogP contribution in [0.2, 0.25) is 0 Å². The lowest BCUT2D eigenvalue weighted by atomic mass is 10.4. The molecule has 0 aliphatic carbocycles. The molecule has 0 aromatic carbocycles. The van der Waals surface area contributed by atoms with Crippen LogP contribution in [-0.4, -0.2) is 15.5 Å². The van der Waals surface area contributed by atoms with E-state index < -0.39 is 0 Å². The molecule has 4 heterocycles. The van der Waals surface area contributed by atoms with Crippen LogP contribution in [0.1, 0.15) is 16.3 Å². The highest BCUT2D eigenvalue weighted by Gasteiger charge is 2.14. The molecule has 6 nitrogen and oxygen atoms in total. The molecule has 0 radical (unpaired) electrons. The summed E-state index contributed by atoms with van der Waals surface area (Å²) in [7, 11) is 0. The van der Waals surface area contributed by atoms with Gasteiger partial charge in [-0.3, -0.25) is 14.9 Å². The fourth-order valence-electron chi connectivity index (χ4n) is 2.37. The molecule has 0 saturated carbocycles. The van der Waals surface area contributed by atoms with Crippen molar-refractivity contribution in [3.05, 3.63) is 81.3 Å². The van der Waals surface area contributed by atoms with Crippen LogP contribution < -0.4 is 10.9 Å². The average molecular weight is 383 g/mol. The molecule has 0 spiro atoms. The number of aromatic nitrogens is 2. The first-order chi connectivity index (χ1) is 12.7. The van der Waals surface area contributed by atoms with Crippen LogP contribution in [-0.2, 0) is 6.54 Å². The summed E-state index contributed by atoms with van der Waals surface area (Å²) in [6.45, 7) is 0.271. The molecule has 4 aromatic rings. The number of anilines is 1. The van der Waals surface area contributed by atoms with Gasteiger partial charge in [0.05, 0.1) is 17.1 Å². The second-order valence-electron chi connectivity index (χ2n) is 5.40. The summed E-state index contributed by atoms with van der Waals surface area (Å²) in [4.78, 5) is 29.5. The Balaban J connectivity index is 1.45. The van der Waals surface area contributed by atoms with E-state index in [1.165, 1.54) is 22.0 Å². The van der Waals surface area contributed by atoms with Gasteiger partial charge in [-0.25, -0.2) is 4.98 Å². The lowest BCUT2D eigenvalue weighted by Gasteiger charge is -2.02. The van der Waals surface area contributed by atoms with Gasteiger partial charge in [-0.1, -0.05) is 12.1 Å². The molecule has 0 unspecified atom stereocenters. The fourth-order valence-corrected chi connectivity index (χ4v) is 3.84. The Labute approximate surface area is 156 Å². The number of hydrogen-bond acceptors (Lipinski definition) is 6. The quantitative estimate of drug-likeness (QED) is 0.566. The van der Waals surface area contributed by atoms with Crippen molar-refractivity contribution in [1.82, 2.24) is 9.55 Å². The summed E-state index contributed by atoms with van der Waals surface area (Å²) < 4.78 is 7.07. The second kappa shape index (κ2) is 7.11. The number of nitrogens with one attached hydrogen (secondary N) is 1. The minimum Gasteiger partial charge on any atom is -0.454 e. The summed E-state index contributed by atoms with van der Waals surface area (Å²) in [5, 5.41) is 7.13. The number of rotatable bonds is 5. The van der Waals surface area contributed by atoms with E-state index in [0.717, 1.165) is 10.6 Å². The SMILES string of the molecule is O=C(Nc1nc(-c2cccs2)cs1)c1ccc(Cn2ccccc2=O)o1. The van der Waals surface area contributed by atoms with E-state index in [9.17, 15) is 9.59 Å². The van der Waals surface area contributed by atoms with Crippen molar-refractivity contribution in [2.75, 3.05) is 5.32 Å². The molecule has 26 heavy (non-hydrogen) atoms. The molecular weight excluding hydrogens is 370 g/mol. The predicted octanol–water partition coefficient (Wildman–Crippen LogP) is 3.93. The van der Waals surface area contributed by atoms with Crippen molar-refractivity contribution >= 4 is 33.7 Å². The normalized spacial score (nSPS) is 10.8. The van der Waals surface area contributed by atoms with Crippen LogP contribution in [0.25, 0.3) is 10.6 Å². The largest absolute Gasteiger partial charge is 0.454 e. The Hall–Kier alpha value is -2.97. The standard InChI is InChI=1S/C18H13N3O3S2/c22-16-5-1-2-8-21(16)10-12-6-7-14(24-12)17(23)20-18-19-13(11-26-18)15-4-3-9-25-15/h1-9,11H,10H2,(H,19,20,23). The molecular formula is C18H13N3O3S2. The molecule has 8 heteroatoms. The zero-order chi connectivity index (χ0) is 17.9. The Morgan fingerprint density at radius 2 is 2.08 bits per heavy atom. The highest BCUT2D eigenvalue weighted by atomic mass is 32.1. The number of carbonyl (C=O) groups excluding carboxylic acids is 1. The predicted molar refractivity (Wildman–Crippen MR) is 102 cm³/mol. The first-order valence-corrected chi connectivity index (χ1v) is 9.50. The van der Waals surface area contributed by atoms with Gasteiger partial charge in [-0.2, -0.15) is 0 Å². The lowest BCUT2D eigenvalue weighted by Crippen LogP contribution is -2.18. The molecule has 0 aliphatic heterocycles.